The maximum absolute atomic E-state index is 10.7. The number of nitrogen functional groups attached to an aromatic ring is 1. The SMILES string of the molecule is COc1cccc(C#N)c1Nc1ccc([N+](=O)[O-])c(N)n1. The van der Waals surface area contributed by atoms with Crippen LogP contribution in [0.2, 0.25) is 0 Å². The predicted molar refractivity (Wildman–Crippen MR) is 76.3 cm³/mol. The third-order valence-corrected chi connectivity index (χ3v) is 2.72. The third kappa shape index (κ3) is 2.82. The summed E-state index contributed by atoms with van der Waals surface area (Å²) in [4.78, 5) is 14.0. The number of ether oxygens (including phenoxy) is 1. The third-order valence-electron chi connectivity index (χ3n) is 2.72. The average molecular weight is 285 g/mol. The largest absolute Gasteiger partial charge is 0.495 e. The monoisotopic (exact) mass is 285 g/mol. The van der Waals surface area contributed by atoms with E-state index < -0.39 is 4.92 Å². The summed E-state index contributed by atoms with van der Waals surface area (Å²) >= 11 is 0. The number of rotatable bonds is 4. The molecular formula is C13H11N5O3. The molecule has 1 aromatic heterocycles. The van der Waals surface area contributed by atoms with Crippen molar-refractivity contribution >= 4 is 23.0 Å². The van der Waals surface area contributed by atoms with E-state index in [2.05, 4.69) is 10.3 Å². The van der Waals surface area contributed by atoms with E-state index in [9.17, 15) is 10.1 Å². The van der Waals surface area contributed by atoms with Gasteiger partial charge in [-0.3, -0.25) is 10.1 Å². The second-order valence-corrected chi connectivity index (χ2v) is 3.98. The lowest BCUT2D eigenvalue weighted by Gasteiger charge is -2.12. The zero-order valence-corrected chi connectivity index (χ0v) is 11.0. The number of nitriles is 1. The lowest BCUT2D eigenvalue weighted by atomic mass is 10.1. The van der Waals surface area contributed by atoms with Crippen LogP contribution in [-0.2, 0) is 0 Å². The molecule has 0 spiro atoms. The summed E-state index contributed by atoms with van der Waals surface area (Å²) in [7, 11) is 1.47. The summed E-state index contributed by atoms with van der Waals surface area (Å²) in [6, 6.07) is 9.64. The molecule has 0 aliphatic carbocycles. The van der Waals surface area contributed by atoms with Crippen LogP contribution in [0.25, 0.3) is 0 Å². The van der Waals surface area contributed by atoms with Gasteiger partial charge in [-0.1, -0.05) is 6.07 Å². The highest BCUT2D eigenvalue weighted by Gasteiger charge is 2.15. The number of hydrogen-bond acceptors (Lipinski definition) is 7. The van der Waals surface area contributed by atoms with Crippen LogP contribution in [0.3, 0.4) is 0 Å². The summed E-state index contributed by atoms with van der Waals surface area (Å²) in [6.07, 6.45) is 0. The van der Waals surface area contributed by atoms with Crippen LogP contribution < -0.4 is 15.8 Å². The number of anilines is 3. The quantitative estimate of drug-likeness (QED) is 0.651. The molecule has 0 atom stereocenters. The first-order chi connectivity index (χ1) is 10.1. The van der Waals surface area contributed by atoms with E-state index in [1.807, 2.05) is 6.07 Å². The van der Waals surface area contributed by atoms with Crippen molar-refractivity contribution in [1.29, 1.82) is 5.26 Å². The number of nitrogens with two attached hydrogens (primary N) is 1. The van der Waals surface area contributed by atoms with Crippen LogP contribution >= 0.6 is 0 Å². The van der Waals surface area contributed by atoms with Crippen molar-refractivity contribution in [2.75, 3.05) is 18.2 Å². The van der Waals surface area contributed by atoms with Gasteiger partial charge in [0.1, 0.15) is 23.3 Å². The minimum atomic E-state index is -0.615. The van der Waals surface area contributed by atoms with Crippen LogP contribution in [0.4, 0.5) is 23.0 Å². The Balaban J connectivity index is 2.41. The Morgan fingerprint density at radius 3 is 2.76 bits per heavy atom. The van der Waals surface area contributed by atoms with E-state index in [0.717, 1.165) is 0 Å². The van der Waals surface area contributed by atoms with Crippen LogP contribution in [0.1, 0.15) is 5.56 Å². The number of methoxy groups -OCH3 is 1. The summed E-state index contributed by atoms with van der Waals surface area (Å²) in [5, 5.41) is 22.7. The first-order valence-electron chi connectivity index (χ1n) is 5.82. The topological polar surface area (TPSA) is 127 Å². The zero-order valence-electron chi connectivity index (χ0n) is 11.0. The highest BCUT2D eigenvalue weighted by Crippen LogP contribution is 2.31. The highest BCUT2D eigenvalue weighted by molar-refractivity contribution is 5.72. The predicted octanol–water partition coefficient (Wildman–Crippen LogP) is 2.20. The van der Waals surface area contributed by atoms with Gasteiger partial charge < -0.3 is 15.8 Å². The van der Waals surface area contributed by atoms with E-state index in [0.29, 0.717) is 17.0 Å². The van der Waals surface area contributed by atoms with Crippen LogP contribution in [0.15, 0.2) is 30.3 Å². The first-order valence-corrected chi connectivity index (χ1v) is 5.82. The van der Waals surface area contributed by atoms with Crippen LogP contribution in [-0.4, -0.2) is 17.0 Å². The van der Waals surface area contributed by atoms with E-state index in [-0.39, 0.29) is 17.3 Å². The Labute approximate surface area is 119 Å². The van der Waals surface area contributed by atoms with Crippen molar-refractivity contribution in [3.05, 3.63) is 46.0 Å². The van der Waals surface area contributed by atoms with Gasteiger partial charge in [0.05, 0.1) is 17.6 Å². The Morgan fingerprint density at radius 2 is 2.19 bits per heavy atom. The first kappa shape index (κ1) is 14.1. The standard InChI is InChI=1S/C13H11N5O3/c1-21-10-4-2-3-8(7-14)12(10)16-11-6-5-9(18(19)20)13(15)17-11/h2-6H,1H3,(H3,15,16,17). The van der Waals surface area contributed by atoms with E-state index in [1.54, 1.807) is 18.2 Å². The fraction of sp³-hybridized carbons (Fsp3) is 0.0769. The van der Waals surface area contributed by atoms with Crippen molar-refractivity contribution in [3.63, 3.8) is 0 Å². The van der Waals surface area contributed by atoms with Crippen molar-refractivity contribution < 1.29 is 9.66 Å². The molecule has 2 rings (SSSR count). The second-order valence-electron chi connectivity index (χ2n) is 3.98. The maximum atomic E-state index is 10.7. The highest BCUT2D eigenvalue weighted by atomic mass is 16.6. The van der Waals surface area contributed by atoms with Crippen LogP contribution in [0.5, 0.6) is 5.75 Å². The summed E-state index contributed by atoms with van der Waals surface area (Å²) in [5.74, 6) is 0.519. The molecule has 8 nitrogen and oxygen atoms in total. The number of pyridine rings is 1. The van der Waals surface area contributed by atoms with E-state index >= 15 is 0 Å². The molecule has 0 amide bonds. The minimum absolute atomic E-state index is 0.210. The van der Waals surface area contributed by atoms with Gasteiger partial charge in [0.15, 0.2) is 0 Å². The molecule has 0 bridgehead atoms. The molecule has 2 aromatic rings. The molecule has 1 heterocycles. The molecule has 0 aliphatic heterocycles. The molecule has 0 aliphatic rings. The molecule has 0 saturated carbocycles. The zero-order chi connectivity index (χ0) is 15.4. The van der Waals surface area contributed by atoms with Gasteiger partial charge in [0, 0.05) is 6.07 Å². The Hall–Kier alpha value is -3.34. The van der Waals surface area contributed by atoms with Gasteiger partial charge in [-0.05, 0) is 18.2 Å². The number of para-hydroxylation sites is 1. The summed E-state index contributed by atoms with van der Waals surface area (Å²) < 4.78 is 5.17. The molecule has 0 saturated heterocycles. The number of aromatic nitrogens is 1. The smallest absolute Gasteiger partial charge is 0.311 e. The molecule has 0 fully saturated rings. The molecule has 1 aromatic carbocycles. The molecule has 0 unspecified atom stereocenters. The number of nitrogens with zero attached hydrogens (tertiary/aromatic N) is 3. The summed E-state index contributed by atoms with van der Waals surface area (Å²) in [6.45, 7) is 0. The maximum Gasteiger partial charge on any atom is 0.311 e. The molecule has 3 N–H and O–H groups in total. The molecule has 106 valence electrons. The van der Waals surface area contributed by atoms with Crippen molar-refractivity contribution in [3.8, 4) is 11.8 Å². The van der Waals surface area contributed by atoms with Gasteiger partial charge in [0.25, 0.3) is 0 Å². The fourth-order valence-corrected chi connectivity index (χ4v) is 1.74. The number of hydrogen-bond donors (Lipinski definition) is 2. The van der Waals surface area contributed by atoms with Gasteiger partial charge >= 0.3 is 5.69 Å². The van der Waals surface area contributed by atoms with E-state index in [4.69, 9.17) is 15.7 Å². The average Bonchev–Trinajstić information content (AvgIpc) is 2.47. The molecular weight excluding hydrogens is 274 g/mol. The van der Waals surface area contributed by atoms with Crippen molar-refractivity contribution in [1.82, 2.24) is 4.98 Å². The van der Waals surface area contributed by atoms with Crippen LogP contribution in [0, 0.1) is 21.4 Å². The number of nitrogens with one attached hydrogen (secondary N) is 1. The lowest BCUT2D eigenvalue weighted by Crippen LogP contribution is -2.03. The molecule has 0 radical (unpaired) electrons. The molecule has 21 heavy (non-hydrogen) atoms. The Kier molecular flexibility index (Phi) is 3.85. The van der Waals surface area contributed by atoms with Crippen molar-refractivity contribution in [2.45, 2.75) is 0 Å². The fourth-order valence-electron chi connectivity index (χ4n) is 1.74. The van der Waals surface area contributed by atoms with Gasteiger partial charge in [-0.2, -0.15) is 5.26 Å². The molecule has 8 heteroatoms. The number of benzene rings is 1. The Bertz CT molecular complexity index is 739. The normalized spacial score (nSPS) is 9.71. The van der Waals surface area contributed by atoms with Gasteiger partial charge in [-0.15, -0.1) is 0 Å². The lowest BCUT2D eigenvalue weighted by molar-refractivity contribution is -0.384. The summed E-state index contributed by atoms with van der Waals surface area (Å²) in [5.41, 5.74) is 6.03. The minimum Gasteiger partial charge on any atom is -0.495 e. The van der Waals surface area contributed by atoms with E-state index in [1.165, 1.54) is 19.2 Å². The van der Waals surface area contributed by atoms with Crippen molar-refractivity contribution in [2.24, 2.45) is 0 Å². The van der Waals surface area contributed by atoms with Gasteiger partial charge in [0.2, 0.25) is 5.82 Å². The number of nitro groups is 1. The Morgan fingerprint density at radius 1 is 1.43 bits per heavy atom. The van der Waals surface area contributed by atoms with Gasteiger partial charge in [-0.25, -0.2) is 4.98 Å². The second kappa shape index (κ2) is 5.75.